The zero-order valence-corrected chi connectivity index (χ0v) is 21.3. The molecule has 18 atom stereocenters. The summed E-state index contributed by atoms with van der Waals surface area (Å²) in [6.45, 7) is -0.145. The summed E-state index contributed by atoms with van der Waals surface area (Å²) in [5.74, 6) is 0. The molecule has 0 bridgehead atoms. The van der Waals surface area contributed by atoms with Crippen LogP contribution in [0, 0.1) is 0 Å². The molecule has 4 heterocycles. The van der Waals surface area contributed by atoms with Gasteiger partial charge < -0.3 is 89.3 Å². The van der Waals surface area contributed by atoms with Crippen LogP contribution < -0.4 is 0 Å². The van der Waals surface area contributed by atoms with Gasteiger partial charge in [0.1, 0.15) is 79.4 Å². The van der Waals surface area contributed by atoms with Crippen LogP contribution in [-0.4, -0.2) is 187 Å². The van der Waals surface area contributed by atoms with Gasteiger partial charge in [0.2, 0.25) is 0 Å². The molecule has 0 aromatic carbocycles. The van der Waals surface area contributed by atoms with Crippen LogP contribution in [-0.2, 0) is 33.2 Å². The lowest BCUT2D eigenvalue weighted by Crippen LogP contribution is -2.65. The second-order valence-corrected chi connectivity index (χ2v) is 10.2. The molecule has 4 aliphatic heterocycles. The van der Waals surface area contributed by atoms with Gasteiger partial charge in [-0.2, -0.15) is 0 Å². The van der Waals surface area contributed by atoms with Crippen molar-refractivity contribution < 1.29 is 89.3 Å². The van der Waals surface area contributed by atoms with Gasteiger partial charge in [0.15, 0.2) is 25.2 Å². The van der Waals surface area contributed by atoms with Gasteiger partial charge in [-0.3, -0.25) is 0 Å². The Balaban J connectivity index is 1.38. The second kappa shape index (κ2) is 13.3. The van der Waals surface area contributed by atoms with E-state index in [2.05, 4.69) is 0 Å². The summed E-state index contributed by atoms with van der Waals surface area (Å²) < 4.78 is 37.5. The van der Waals surface area contributed by atoms with E-state index in [0.717, 1.165) is 0 Å². The Hall–Kier alpha value is -0.720. The molecule has 40 heavy (non-hydrogen) atoms. The molecule has 18 nitrogen and oxygen atoms in total. The van der Waals surface area contributed by atoms with E-state index in [-0.39, 0.29) is 6.61 Å². The minimum atomic E-state index is -1.84. The highest BCUT2D eigenvalue weighted by Gasteiger charge is 2.52. The Morgan fingerprint density at radius 1 is 0.575 bits per heavy atom. The molecule has 0 aliphatic carbocycles. The number of hydrogen-bond acceptors (Lipinski definition) is 18. The van der Waals surface area contributed by atoms with E-state index >= 15 is 0 Å². The van der Waals surface area contributed by atoms with E-state index < -0.39 is 124 Å². The van der Waals surface area contributed by atoms with Gasteiger partial charge in [-0.25, -0.2) is 0 Å². The molecule has 11 N–H and O–H groups in total. The Morgan fingerprint density at radius 2 is 1.20 bits per heavy atom. The number of ether oxygens (including phenoxy) is 7. The van der Waals surface area contributed by atoms with Gasteiger partial charge in [-0.15, -0.1) is 0 Å². The summed E-state index contributed by atoms with van der Waals surface area (Å²) >= 11 is 0. The summed E-state index contributed by atoms with van der Waals surface area (Å²) in [6, 6.07) is 0. The average molecular weight is 591 g/mol. The van der Waals surface area contributed by atoms with Crippen molar-refractivity contribution in [2.24, 2.45) is 0 Å². The van der Waals surface area contributed by atoms with Crippen LogP contribution in [0.15, 0.2) is 0 Å². The van der Waals surface area contributed by atoms with Crippen LogP contribution in [0.25, 0.3) is 0 Å². The predicted molar refractivity (Wildman–Crippen MR) is 120 cm³/mol. The highest BCUT2D eigenvalue weighted by Crippen LogP contribution is 2.31. The van der Waals surface area contributed by atoms with Gasteiger partial charge >= 0.3 is 0 Å². The van der Waals surface area contributed by atoms with E-state index in [1.54, 1.807) is 0 Å². The van der Waals surface area contributed by atoms with Gasteiger partial charge in [-0.05, 0) is 6.92 Å². The standard InChI is InChI=1S/C22H38O18/c1-5-9(25)17(16(32)22(36-5)40-18-10(26)6(24)3-34-19(18)33)39-20-14(30)12(28)8(4-35-20)38-21-15(31)13(29)11(27)7(2-23)37-21/h5-33H,2-4H2,1H3/t5-,6-,7+,8+,9-,10-,11+,12+,13-,14+,15+,16+,17+,18+,19+,20-,21-,22-/m0/s1. The molecule has 0 saturated carbocycles. The molecule has 18 heteroatoms. The van der Waals surface area contributed by atoms with Crippen molar-refractivity contribution in [1.82, 2.24) is 0 Å². The fourth-order valence-corrected chi connectivity index (χ4v) is 4.87. The number of rotatable bonds is 7. The lowest BCUT2D eigenvalue weighted by Gasteiger charge is -2.47. The highest BCUT2D eigenvalue weighted by atomic mass is 16.8. The van der Waals surface area contributed by atoms with Crippen LogP contribution in [0.3, 0.4) is 0 Å². The lowest BCUT2D eigenvalue weighted by molar-refractivity contribution is -0.376. The average Bonchev–Trinajstić information content (AvgIpc) is 2.93. The van der Waals surface area contributed by atoms with E-state index in [4.69, 9.17) is 33.2 Å². The zero-order valence-electron chi connectivity index (χ0n) is 21.3. The zero-order chi connectivity index (χ0) is 29.5. The first-order valence-corrected chi connectivity index (χ1v) is 12.8. The first kappa shape index (κ1) is 32.2. The molecule has 234 valence electrons. The summed E-state index contributed by atoms with van der Waals surface area (Å²) in [7, 11) is 0. The maximum atomic E-state index is 10.8. The Labute approximate surface area is 227 Å². The minimum Gasteiger partial charge on any atom is -0.394 e. The van der Waals surface area contributed by atoms with Gasteiger partial charge in [0.05, 0.1) is 25.9 Å². The molecular weight excluding hydrogens is 552 g/mol. The molecule has 4 fully saturated rings. The smallest absolute Gasteiger partial charge is 0.187 e. The number of hydrogen-bond donors (Lipinski definition) is 11. The van der Waals surface area contributed by atoms with Crippen molar-refractivity contribution in [1.29, 1.82) is 0 Å². The fourth-order valence-electron chi connectivity index (χ4n) is 4.87. The third-order valence-electron chi connectivity index (χ3n) is 7.41. The number of aliphatic hydroxyl groups is 11. The lowest BCUT2D eigenvalue weighted by atomic mass is 9.98. The molecule has 0 aromatic heterocycles. The van der Waals surface area contributed by atoms with Crippen LogP contribution in [0.1, 0.15) is 6.92 Å². The van der Waals surface area contributed by atoms with E-state index in [0.29, 0.717) is 0 Å². The summed E-state index contributed by atoms with van der Waals surface area (Å²) in [5.41, 5.74) is 0. The van der Waals surface area contributed by atoms with Crippen molar-refractivity contribution >= 4 is 0 Å². The normalized spacial score (nSPS) is 54.3. The van der Waals surface area contributed by atoms with Gasteiger partial charge in [0.25, 0.3) is 0 Å². The van der Waals surface area contributed by atoms with E-state index in [1.807, 2.05) is 0 Å². The van der Waals surface area contributed by atoms with Crippen LogP contribution >= 0.6 is 0 Å². The largest absolute Gasteiger partial charge is 0.394 e. The van der Waals surface area contributed by atoms with Crippen LogP contribution in [0.4, 0.5) is 0 Å². The molecule has 4 aliphatic rings. The van der Waals surface area contributed by atoms with Crippen LogP contribution in [0.5, 0.6) is 0 Å². The number of aliphatic hydroxyl groups excluding tert-OH is 11. The third kappa shape index (κ3) is 6.44. The van der Waals surface area contributed by atoms with Crippen molar-refractivity contribution in [3.8, 4) is 0 Å². The van der Waals surface area contributed by atoms with Gasteiger partial charge in [0, 0.05) is 0 Å². The summed E-state index contributed by atoms with van der Waals surface area (Å²) in [5, 5.41) is 112. The molecule has 0 amide bonds. The maximum Gasteiger partial charge on any atom is 0.187 e. The molecule has 0 radical (unpaired) electrons. The monoisotopic (exact) mass is 590 g/mol. The Morgan fingerprint density at radius 3 is 1.88 bits per heavy atom. The SMILES string of the molecule is C[C@@H]1O[C@@H](O[C@@H]2[C@@H](O)[C@@H](O)CO[C@H]2O)[C@H](O)[C@H](O[C@@H]2OC[C@@H](O[C@@H]3O[C@H](CO)[C@@H](O)[C@H](O)[C@H]3O)[C@@H](O)[C@H]2O)[C@H]1O. The topological polar surface area (TPSA) is 287 Å². The summed E-state index contributed by atoms with van der Waals surface area (Å²) in [6.07, 6.45) is -28.3. The second-order valence-electron chi connectivity index (χ2n) is 10.2. The van der Waals surface area contributed by atoms with E-state index in [9.17, 15) is 56.2 Å². The van der Waals surface area contributed by atoms with Crippen LogP contribution in [0.2, 0.25) is 0 Å². The quantitative estimate of drug-likeness (QED) is 0.131. The minimum absolute atomic E-state index is 0.364. The fraction of sp³-hybridized carbons (Fsp3) is 1.00. The third-order valence-corrected chi connectivity index (χ3v) is 7.41. The van der Waals surface area contributed by atoms with Crippen molar-refractivity contribution in [3.63, 3.8) is 0 Å². The molecule has 0 spiro atoms. The van der Waals surface area contributed by atoms with Crippen molar-refractivity contribution in [2.75, 3.05) is 19.8 Å². The Kier molecular flexibility index (Phi) is 10.7. The van der Waals surface area contributed by atoms with Crippen molar-refractivity contribution in [2.45, 2.75) is 118 Å². The first-order valence-electron chi connectivity index (χ1n) is 12.8. The molecule has 0 unspecified atom stereocenters. The van der Waals surface area contributed by atoms with E-state index in [1.165, 1.54) is 6.92 Å². The summed E-state index contributed by atoms with van der Waals surface area (Å²) in [4.78, 5) is 0. The highest BCUT2D eigenvalue weighted by molar-refractivity contribution is 4.94. The predicted octanol–water partition coefficient (Wildman–Crippen LogP) is -7.44. The Bertz CT molecular complexity index is 806. The molecule has 4 rings (SSSR count). The first-order chi connectivity index (χ1) is 18.8. The van der Waals surface area contributed by atoms with Gasteiger partial charge in [-0.1, -0.05) is 0 Å². The van der Waals surface area contributed by atoms with Crippen molar-refractivity contribution in [3.05, 3.63) is 0 Å². The molecular formula is C22H38O18. The molecule has 4 saturated heterocycles. The maximum absolute atomic E-state index is 10.8. The molecule has 0 aromatic rings.